The molecule has 0 aliphatic carbocycles. The number of imidazole rings is 1. The monoisotopic (exact) mass is 533 g/mol. The maximum Gasteiger partial charge on any atom is 0.410 e. The molecule has 1 fully saturated rings. The zero-order chi connectivity index (χ0) is 27.9. The van der Waals surface area contributed by atoms with Crippen molar-refractivity contribution in [2.75, 3.05) is 18.4 Å². The van der Waals surface area contributed by atoms with E-state index >= 15 is 0 Å². The van der Waals surface area contributed by atoms with Crippen molar-refractivity contribution in [3.8, 4) is 22.5 Å². The minimum atomic E-state index is -0.551. The Morgan fingerprint density at radius 2 is 1.74 bits per heavy atom. The number of carbonyl (C=O) groups excluding carboxylic acids is 2. The van der Waals surface area contributed by atoms with Crippen LogP contribution in [0.3, 0.4) is 0 Å². The number of aryl methyl sites for hydroxylation is 1. The normalized spacial score (nSPS) is 14.6. The van der Waals surface area contributed by atoms with Crippen LogP contribution in [0, 0.1) is 5.82 Å². The molecule has 1 N–H and O–H groups in total. The number of hydrogen-bond donors (Lipinski definition) is 1. The smallest absolute Gasteiger partial charge is 0.410 e. The molecule has 4 aromatic rings. The number of carbonyl (C=O) groups is 2. The van der Waals surface area contributed by atoms with Gasteiger partial charge in [0.15, 0.2) is 11.5 Å². The summed E-state index contributed by atoms with van der Waals surface area (Å²) in [4.78, 5) is 30.3. The molecule has 1 saturated heterocycles. The summed E-state index contributed by atoms with van der Waals surface area (Å²) < 4.78 is 22.8. The maximum atomic E-state index is 13.8. The molecule has 1 aliphatic heterocycles. The Morgan fingerprint density at radius 3 is 2.38 bits per heavy atom. The zero-order valence-electron chi connectivity index (χ0n) is 22.7. The summed E-state index contributed by atoms with van der Waals surface area (Å²) in [5.74, 6) is -0.0219. The molecule has 39 heavy (non-hydrogen) atoms. The Kier molecular flexibility index (Phi) is 6.83. The van der Waals surface area contributed by atoms with Gasteiger partial charge in [-0.15, -0.1) is 0 Å². The van der Waals surface area contributed by atoms with E-state index in [0.717, 1.165) is 29.7 Å². The van der Waals surface area contributed by atoms with E-state index in [-0.39, 0.29) is 23.7 Å². The van der Waals surface area contributed by atoms with Crippen LogP contribution in [0.4, 0.5) is 15.0 Å². The van der Waals surface area contributed by atoms with Gasteiger partial charge in [0.05, 0.1) is 23.1 Å². The van der Waals surface area contributed by atoms with Crippen LogP contribution >= 0.6 is 0 Å². The molecule has 5 rings (SSSR count). The molecule has 0 spiro atoms. The fourth-order valence-corrected chi connectivity index (χ4v) is 4.99. The van der Waals surface area contributed by atoms with E-state index < -0.39 is 5.60 Å². The van der Waals surface area contributed by atoms with Crippen LogP contribution in [0.2, 0.25) is 0 Å². The highest BCUT2D eigenvalue weighted by Crippen LogP contribution is 2.40. The van der Waals surface area contributed by atoms with E-state index in [1.807, 2.05) is 44.6 Å². The summed E-state index contributed by atoms with van der Waals surface area (Å²) in [6.07, 6.45) is 2.82. The summed E-state index contributed by atoms with van der Waals surface area (Å²) in [5, 5.41) is 12.4. The van der Waals surface area contributed by atoms with Crippen molar-refractivity contribution in [3.63, 3.8) is 0 Å². The van der Waals surface area contributed by atoms with E-state index in [9.17, 15) is 14.0 Å². The van der Waals surface area contributed by atoms with E-state index in [1.54, 1.807) is 27.7 Å². The van der Waals surface area contributed by atoms with Crippen LogP contribution < -0.4 is 5.32 Å². The van der Waals surface area contributed by atoms with Gasteiger partial charge in [0.25, 0.3) is 0 Å². The van der Waals surface area contributed by atoms with Crippen LogP contribution in [0.1, 0.15) is 52.1 Å². The molecule has 1 aliphatic rings. The van der Waals surface area contributed by atoms with E-state index in [1.165, 1.54) is 19.1 Å². The third kappa shape index (κ3) is 5.62. The number of piperidine rings is 1. The SMILES string of the molecule is CC(=O)Nc1cn2nc(-c3c(-c4ccc(F)cc4)nn(C)c3C3CCN(C(=O)OC(C)(C)C)CC3)ccc2n1. The van der Waals surface area contributed by atoms with Crippen LogP contribution in [-0.2, 0) is 16.6 Å². The summed E-state index contributed by atoms with van der Waals surface area (Å²) in [6.45, 7) is 8.13. The lowest BCUT2D eigenvalue weighted by Crippen LogP contribution is -2.41. The summed E-state index contributed by atoms with van der Waals surface area (Å²) in [6, 6.07) is 9.96. The Balaban J connectivity index is 1.54. The second kappa shape index (κ2) is 10.1. The van der Waals surface area contributed by atoms with Crippen LogP contribution in [0.15, 0.2) is 42.6 Å². The zero-order valence-corrected chi connectivity index (χ0v) is 22.7. The van der Waals surface area contributed by atoms with Gasteiger partial charge in [-0.05, 0) is 70.0 Å². The predicted octanol–water partition coefficient (Wildman–Crippen LogP) is 5.01. The number of hydrogen-bond acceptors (Lipinski definition) is 6. The van der Waals surface area contributed by atoms with Crippen molar-refractivity contribution in [2.24, 2.45) is 7.05 Å². The maximum absolute atomic E-state index is 13.8. The van der Waals surface area contributed by atoms with Gasteiger partial charge in [-0.3, -0.25) is 9.48 Å². The number of rotatable bonds is 4. The first-order valence-electron chi connectivity index (χ1n) is 12.9. The molecule has 0 saturated carbocycles. The minimum absolute atomic E-state index is 0.112. The minimum Gasteiger partial charge on any atom is -0.444 e. The van der Waals surface area contributed by atoms with Crippen molar-refractivity contribution >= 4 is 23.5 Å². The topological polar surface area (TPSA) is 107 Å². The second-order valence-corrected chi connectivity index (χ2v) is 10.8. The van der Waals surface area contributed by atoms with Crippen molar-refractivity contribution in [1.29, 1.82) is 0 Å². The Morgan fingerprint density at radius 1 is 1.05 bits per heavy atom. The number of halogens is 1. The van der Waals surface area contributed by atoms with Gasteiger partial charge >= 0.3 is 6.09 Å². The highest BCUT2D eigenvalue weighted by Gasteiger charge is 2.32. The molecule has 3 aromatic heterocycles. The van der Waals surface area contributed by atoms with E-state index in [0.29, 0.717) is 35.9 Å². The van der Waals surface area contributed by atoms with Gasteiger partial charge < -0.3 is 15.0 Å². The molecule has 11 heteroatoms. The van der Waals surface area contributed by atoms with Crippen molar-refractivity contribution in [3.05, 3.63) is 54.1 Å². The summed E-state index contributed by atoms with van der Waals surface area (Å²) in [7, 11) is 1.90. The molecule has 0 radical (unpaired) electrons. The largest absolute Gasteiger partial charge is 0.444 e. The van der Waals surface area contributed by atoms with E-state index in [2.05, 4.69) is 10.3 Å². The first kappa shape index (κ1) is 26.3. The van der Waals surface area contributed by atoms with E-state index in [4.69, 9.17) is 14.9 Å². The van der Waals surface area contributed by atoms with Crippen molar-refractivity contribution < 1.29 is 18.7 Å². The molecule has 0 bridgehead atoms. The third-order valence-electron chi connectivity index (χ3n) is 6.62. The number of likely N-dealkylation sites (tertiary alicyclic amines) is 1. The second-order valence-electron chi connectivity index (χ2n) is 10.8. The van der Waals surface area contributed by atoms with Crippen LogP contribution in [0.5, 0.6) is 0 Å². The molecule has 10 nitrogen and oxygen atoms in total. The third-order valence-corrected chi connectivity index (χ3v) is 6.62. The van der Waals surface area contributed by atoms with Gasteiger partial charge in [-0.2, -0.15) is 10.2 Å². The molecular weight excluding hydrogens is 501 g/mol. The molecular formula is C28H32FN7O3. The van der Waals surface area contributed by atoms with Crippen molar-refractivity contribution in [1.82, 2.24) is 29.3 Å². The van der Waals surface area contributed by atoms with Gasteiger partial charge in [-0.25, -0.2) is 18.7 Å². The number of nitrogens with zero attached hydrogens (tertiary/aromatic N) is 6. The average Bonchev–Trinajstić information content (AvgIpc) is 3.42. The summed E-state index contributed by atoms with van der Waals surface area (Å²) in [5.41, 5.74) is 4.00. The lowest BCUT2D eigenvalue weighted by molar-refractivity contribution is -0.114. The predicted molar refractivity (Wildman–Crippen MR) is 145 cm³/mol. The number of fused-ring (bicyclic) bond motifs is 1. The van der Waals surface area contributed by atoms with Crippen LogP contribution in [-0.4, -0.2) is 60.0 Å². The number of aromatic nitrogens is 5. The van der Waals surface area contributed by atoms with Gasteiger partial charge in [0, 0.05) is 38.5 Å². The van der Waals surface area contributed by atoms with Crippen LogP contribution in [0.25, 0.3) is 28.2 Å². The highest BCUT2D eigenvalue weighted by molar-refractivity contribution is 5.88. The fourth-order valence-electron chi connectivity index (χ4n) is 4.99. The Bertz CT molecular complexity index is 1530. The Hall–Kier alpha value is -4.28. The quantitative estimate of drug-likeness (QED) is 0.395. The number of benzene rings is 1. The first-order valence-corrected chi connectivity index (χ1v) is 12.9. The van der Waals surface area contributed by atoms with Crippen molar-refractivity contribution in [2.45, 2.75) is 52.1 Å². The number of nitrogens with one attached hydrogen (secondary N) is 1. The highest BCUT2D eigenvalue weighted by atomic mass is 19.1. The molecule has 2 amide bonds. The number of ether oxygens (including phenoxy) is 1. The average molecular weight is 534 g/mol. The molecule has 1 aromatic carbocycles. The fraction of sp³-hybridized carbons (Fsp3) is 0.393. The molecule has 0 atom stereocenters. The first-order chi connectivity index (χ1) is 18.5. The number of anilines is 1. The standard InChI is InChI=1S/C28H32FN7O3/c1-17(37)30-22-16-36-23(31-22)11-10-21(32-36)24-25(18-6-8-20(29)9-7-18)33-34(5)26(24)19-12-14-35(15-13-19)27(38)39-28(2,3)4/h6-11,16,19H,12-15H2,1-5H3,(H,30,37). The van der Waals surface area contributed by atoms with Gasteiger partial charge in [0.1, 0.15) is 17.1 Å². The van der Waals surface area contributed by atoms with Gasteiger partial charge in [-0.1, -0.05) is 0 Å². The van der Waals surface area contributed by atoms with Gasteiger partial charge in [0.2, 0.25) is 5.91 Å². The lowest BCUT2D eigenvalue weighted by Gasteiger charge is -2.33. The number of amides is 2. The molecule has 0 unspecified atom stereocenters. The molecule has 4 heterocycles. The Labute approximate surface area is 225 Å². The molecule has 204 valence electrons. The lowest BCUT2D eigenvalue weighted by atomic mass is 9.88. The summed E-state index contributed by atoms with van der Waals surface area (Å²) >= 11 is 0.